The quantitative estimate of drug-likeness (QED) is 0.718. The van der Waals surface area contributed by atoms with Crippen LogP contribution in [0.3, 0.4) is 0 Å². The minimum Gasteiger partial charge on any atom is -0.392 e. The fourth-order valence-electron chi connectivity index (χ4n) is 3.44. The monoisotopic (exact) mass is 367 g/mol. The molecule has 2 N–H and O–H groups in total. The molecule has 0 bridgehead atoms. The molecule has 1 saturated heterocycles. The van der Waals surface area contributed by atoms with Crippen LogP contribution in [0.1, 0.15) is 11.1 Å². The standard InChI is InChI=1S/C20H25N5O2/c1-24(2)12-16-11-21-18-17(16)22-19(15-5-3-4-14(10-15)13-26)23-20(18)25-6-8-27-9-7-25/h3-5,10-11,21,26H,6-9,12-13H2,1-2H3. The third-order valence-electron chi connectivity index (χ3n) is 4.75. The molecule has 0 spiro atoms. The van der Waals surface area contributed by atoms with E-state index in [-0.39, 0.29) is 6.61 Å². The summed E-state index contributed by atoms with van der Waals surface area (Å²) in [6.07, 6.45) is 2.03. The van der Waals surface area contributed by atoms with Gasteiger partial charge in [0.15, 0.2) is 11.6 Å². The van der Waals surface area contributed by atoms with Crippen molar-refractivity contribution in [2.45, 2.75) is 13.2 Å². The van der Waals surface area contributed by atoms with Gasteiger partial charge in [-0.25, -0.2) is 9.97 Å². The zero-order chi connectivity index (χ0) is 18.8. The van der Waals surface area contributed by atoms with Crippen molar-refractivity contribution in [2.75, 3.05) is 45.3 Å². The number of aliphatic hydroxyl groups is 1. The molecule has 0 saturated carbocycles. The Morgan fingerprint density at radius 1 is 1.22 bits per heavy atom. The highest BCUT2D eigenvalue weighted by Crippen LogP contribution is 2.30. The van der Waals surface area contributed by atoms with Crippen LogP contribution in [-0.4, -0.2) is 65.4 Å². The molecule has 0 aliphatic carbocycles. The summed E-state index contributed by atoms with van der Waals surface area (Å²) in [5.74, 6) is 1.59. The molecule has 7 nitrogen and oxygen atoms in total. The van der Waals surface area contributed by atoms with Gasteiger partial charge in [-0.05, 0) is 25.7 Å². The number of morpholine rings is 1. The second-order valence-corrected chi connectivity index (χ2v) is 7.10. The van der Waals surface area contributed by atoms with E-state index in [4.69, 9.17) is 14.7 Å². The smallest absolute Gasteiger partial charge is 0.162 e. The van der Waals surface area contributed by atoms with E-state index in [0.717, 1.165) is 53.2 Å². The highest BCUT2D eigenvalue weighted by atomic mass is 16.5. The number of nitrogens with zero attached hydrogens (tertiary/aromatic N) is 4. The Hall–Kier alpha value is -2.48. The second-order valence-electron chi connectivity index (χ2n) is 7.10. The third-order valence-corrected chi connectivity index (χ3v) is 4.75. The first-order chi connectivity index (χ1) is 13.2. The van der Waals surface area contributed by atoms with E-state index in [0.29, 0.717) is 19.0 Å². The van der Waals surface area contributed by atoms with Gasteiger partial charge < -0.3 is 24.6 Å². The Morgan fingerprint density at radius 3 is 2.78 bits per heavy atom. The first-order valence-corrected chi connectivity index (χ1v) is 9.21. The SMILES string of the molecule is CN(C)Cc1c[nH]c2c(N3CCOCC3)nc(-c3cccc(CO)c3)nc12. The Morgan fingerprint density at radius 2 is 2.04 bits per heavy atom. The number of fused-ring (bicyclic) bond motifs is 1. The van der Waals surface area contributed by atoms with Crippen LogP contribution in [0, 0.1) is 0 Å². The Kier molecular flexibility index (Phi) is 5.07. The number of rotatable bonds is 5. The maximum Gasteiger partial charge on any atom is 0.162 e. The lowest BCUT2D eigenvalue weighted by molar-refractivity contribution is 0.122. The molecule has 1 aliphatic heterocycles. The molecule has 2 aromatic heterocycles. The molecule has 0 atom stereocenters. The van der Waals surface area contributed by atoms with Crippen molar-refractivity contribution in [3.05, 3.63) is 41.6 Å². The van der Waals surface area contributed by atoms with Gasteiger partial charge in [-0.15, -0.1) is 0 Å². The van der Waals surface area contributed by atoms with E-state index in [1.54, 1.807) is 0 Å². The van der Waals surface area contributed by atoms with E-state index in [1.165, 1.54) is 0 Å². The van der Waals surface area contributed by atoms with Crippen LogP contribution in [0.4, 0.5) is 5.82 Å². The number of ether oxygens (including phenoxy) is 1. The molecule has 1 aliphatic rings. The summed E-state index contributed by atoms with van der Waals surface area (Å²) in [6, 6.07) is 7.77. The topological polar surface area (TPSA) is 77.5 Å². The molecular weight excluding hydrogens is 342 g/mol. The maximum absolute atomic E-state index is 9.48. The van der Waals surface area contributed by atoms with Gasteiger partial charge in [0.2, 0.25) is 0 Å². The van der Waals surface area contributed by atoms with E-state index in [2.05, 4.69) is 28.9 Å². The van der Waals surface area contributed by atoms with Crippen molar-refractivity contribution >= 4 is 16.9 Å². The molecule has 1 fully saturated rings. The van der Waals surface area contributed by atoms with Crippen LogP contribution in [0.2, 0.25) is 0 Å². The van der Waals surface area contributed by atoms with E-state index >= 15 is 0 Å². The summed E-state index contributed by atoms with van der Waals surface area (Å²) in [6.45, 7) is 3.82. The van der Waals surface area contributed by atoms with Crippen LogP contribution in [0.5, 0.6) is 0 Å². The number of hydrogen-bond acceptors (Lipinski definition) is 6. The van der Waals surface area contributed by atoms with Crippen molar-refractivity contribution in [3.8, 4) is 11.4 Å². The summed E-state index contributed by atoms with van der Waals surface area (Å²) >= 11 is 0. The molecule has 0 unspecified atom stereocenters. The molecule has 1 aromatic carbocycles. The number of aromatic nitrogens is 3. The van der Waals surface area contributed by atoms with Gasteiger partial charge in [-0.3, -0.25) is 0 Å². The van der Waals surface area contributed by atoms with Crippen LogP contribution >= 0.6 is 0 Å². The molecule has 4 rings (SSSR count). The summed E-state index contributed by atoms with van der Waals surface area (Å²) < 4.78 is 5.51. The minimum atomic E-state index is 0.00242. The highest BCUT2D eigenvalue weighted by molar-refractivity contribution is 5.90. The fourth-order valence-corrected chi connectivity index (χ4v) is 3.44. The number of anilines is 1. The van der Waals surface area contributed by atoms with Crippen molar-refractivity contribution in [1.82, 2.24) is 19.9 Å². The van der Waals surface area contributed by atoms with E-state index in [9.17, 15) is 5.11 Å². The van der Waals surface area contributed by atoms with Gasteiger partial charge in [0.25, 0.3) is 0 Å². The summed E-state index contributed by atoms with van der Waals surface area (Å²) in [5, 5.41) is 9.48. The van der Waals surface area contributed by atoms with Gasteiger partial charge in [-0.1, -0.05) is 18.2 Å². The van der Waals surface area contributed by atoms with Gasteiger partial charge in [0.1, 0.15) is 5.52 Å². The van der Waals surface area contributed by atoms with Crippen molar-refractivity contribution in [2.24, 2.45) is 0 Å². The molecule has 27 heavy (non-hydrogen) atoms. The lowest BCUT2D eigenvalue weighted by Crippen LogP contribution is -2.37. The predicted octanol–water partition coefficient (Wildman–Crippen LogP) is 2.02. The zero-order valence-electron chi connectivity index (χ0n) is 15.8. The van der Waals surface area contributed by atoms with Crippen LogP contribution in [-0.2, 0) is 17.9 Å². The van der Waals surface area contributed by atoms with Crippen LogP contribution in [0.25, 0.3) is 22.4 Å². The number of aliphatic hydroxyl groups excluding tert-OH is 1. The Balaban J connectivity index is 1.87. The maximum atomic E-state index is 9.48. The number of nitrogens with one attached hydrogen (secondary N) is 1. The zero-order valence-corrected chi connectivity index (χ0v) is 15.8. The molecule has 0 amide bonds. The second kappa shape index (κ2) is 7.64. The minimum absolute atomic E-state index is 0.00242. The van der Waals surface area contributed by atoms with Gasteiger partial charge >= 0.3 is 0 Å². The Labute approximate surface area is 158 Å². The molecule has 0 radical (unpaired) electrons. The molecule has 3 aromatic rings. The third kappa shape index (κ3) is 3.66. The predicted molar refractivity (Wildman–Crippen MR) is 106 cm³/mol. The normalized spacial score (nSPS) is 15.0. The fraction of sp³-hybridized carbons (Fsp3) is 0.400. The first kappa shape index (κ1) is 17.9. The average molecular weight is 367 g/mol. The molecule has 142 valence electrons. The van der Waals surface area contributed by atoms with Crippen molar-refractivity contribution < 1.29 is 9.84 Å². The Bertz CT molecular complexity index is 931. The summed E-state index contributed by atoms with van der Waals surface area (Å²) in [5.41, 5.74) is 4.83. The largest absolute Gasteiger partial charge is 0.392 e. The van der Waals surface area contributed by atoms with E-state index < -0.39 is 0 Å². The summed E-state index contributed by atoms with van der Waals surface area (Å²) in [7, 11) is 4.10. The average Bonchev–Trinajstić information content (AvgIpc) is 3.10. The lowest BCUT2D eigenvalue weighted by atomic mass is 10.1. The molecule has 7 heteroatoms. The first-order valence-electron chi connectivity index (χ1n) is 9.21. The van der Waals surface area contributed by atoms with Gasteiger partial charge in [-0.2, -0.15) is 0 Å². The molecule has 3 heterocycles. The van der Waals surface area contributed by atoms with Crippen molar-refractivity contribution in [1.29, 1.82) is 0 Å². The molecular formula is C20H25N5O2. The number of H-pyrrole nitrogens is 1. The van der Waals surface area contributed by atoms with Gasteiger partial charge in [0.05, 0.1) is 25.3 Å². The van der Waals surface area contributed by atoms with Crippen LogP contribution in [0.15, 0.2) is 30.5 Å². The van der Waals surface area contributed by atoms with Crippen LogP contribution < -0.4 is 4.90 Å². The van der Waals surface area contributed by atoms with Gasteiger partial charge in [0, 0.05) is 37.0 Å². The lowest BCUT2D eigenvalue weighted by Gasteiger charge is -2.28. The number of aromatic amines is 1. The summed E-state index contributed by atoms with van der Waals surface area (Å²) in [4.78, 5) is 17.5. The number of benzene rings is 1. The van der Waals surface area contributed by atoms with E-state index in [1.807, 2.05) is 30.5 Å². The van der Waals surface area contributed by atoms with Crippen molar-refractivity contribution in [3.63, 3.8) is 0 Å². The number of hydrogen-bond donors (Lipinski definition) is 2. The highest BCUT2D eigenvalue weighted by Gasteiger charge is 2.21.